The molecule has 1 aliphatic rings. The molecule has 0 aromatic heterocycles. The molecule has 1 aliphatic heterocycles. The molecule has 2 nitrogen and oxygen atoms in total. The summed E-state index contributed by atoms with van der Waals surface area (Å²) in [5.41, 5.74) is 0.360. The molecule has 1 aromatic carbocycles. The molecule has 0 aliphatic carbocycles. The predicted molar refractivity (Wildman–Crippen MR) is 79.1 cm³/mol. The van der Waals surface area contributed by atoms with Crippen LogP contribution in [0.15, 0.2) is 18.2 Å². The Morgan fingerprint density at radius 1 is 1.15 bits per heavy atom. The molecule has 1 aromatic rings. The first-order valence-corrected chi connectivity index (χ1v) is 6.15. The van der Waals surface area contributed by atoms with Gasteiger partial charge in [0.05, 0.1) is 11.1 Å². The highest BCUT2D eigenvalue weighted by molar-refractivity contribution is 6.30. The molecule has 1 fully saturated rings. The summed E-state index contributed by atoms with van der Waals surface area (Å²) in [6, 6.07) is 2.77. The van der Waals surface area contributed by atoms with Crippen LogP contribution in [0.5, 0.6) is 0 Å². The number of rotatable bonds is 3. The Hall–Kier alpha value is -0.200. The average molecular weight is 352 g/mol. The second-order valence-corrected chi connectivity index (χ2v) is 4.65. The highest BCUT2D eigenvalue weighted by atomic mass is 35.5. The van der Waals surface area contributed by atoms with E-state index in [-0.39, 0.29) is 29.8 Å². The first-order chi connectivity index (χ1) is 8.59. The molecule has 2 rings (SSSR count). The molecule has 0 spiro atoms. The first-order valence-electron chi connectivity index (χ1n) is 5.77. The average Bonchev–Trinajstić information content (AvgIpc) is 2.35. The molecule has 8 heteroatoms. The fourth-order valence-corrected chi connectivity index (χ4v) is 2.36. The quantitative estimate of drug-likeness (QED) is 0.896. The maximum absolute atomic E-state index is 13.2. The van der Waals surface area contributed by atoms with Gasteiger partial charge < -0.3 is 5.32 Å². The van der Waals surface area contributed by atoms with Crippen molar-refractivity contribution in [3.63, 3.8) is 0 Å². The van der Waals surface area contributed by atoms with Crippen LogP contribution in [0.2, 0.25) is 5.02 Å². The third-order valence-corrected chi connectivity index (χ3v) is 3.36. The molecule has 1 N–H and O–H groups in total. The van der Waals surface area contributed by atoms with Gasteiger partial charge in [-0.3, -0.25) is 4.90 Å². The zero-order chi connectivity index (χ0) is 13.1. The lowest BCUT2D eigenvalue weighted by Crippen LogP contribution is -2.46. The number of hydrogen-bond donors (Lipinski definition) is 1. The molecule has 1 saturated heterocycles. The molecule has 116 valence electrons. The van der Waals surface area contributed by atoms with Crippen LogP contribution in [0, 0.1) is 5.82 Å². The molecule has 1 heterocycles. The maximum Gasteiger partial charge on any atom is 0.258 e. The van der Waals surface area contributed by atoms with Gasteiger partial charge >= 0.3 is 0 Å². The minimum atomic E-state index is -2.52. The largest absolute Gasteiger partial charge is 0.314 e. The van der Waals surface area contributed by atoms with Crippen molar-refractivity contribution >= 4 is 36.4 Å². The van der Waals surface area contributed by atoms with Gasteiger partial charge in [-0.15, -0.1) is 24.8 Å². The van der Waals surface area contributed by atoms with Crippen LogP contribution in [-0.4, -0.2) is 37.5 Å². The Labute approximate surface area is 133 Å². The predicted octanol–water partition coefficient (Wildman–Crippen LogP) is 3.53. The first kappa shape index (κ1) is 19.8. The van der Waals surface area contributed by atoms with Crippen molar-refractivity contribution in [2.75, 3.05) is 26.2 Å². The molecule has 0 saturated carbocycles. The molecule has 0 unspecified atom stereocenters. The summed E-state index contributed by atoms with van der Waals surface area (Å²) in [5, 5.41) is 2.99. The molecular weight excluding hydrogens is 335 g/mol. The van der Waals surface area contributed by atoms with Crippen molar-refractivity contribution in [1.29, 1.82) is 0 Å². The van der Waals surface area contributed by atoms with Crippen LogP contribution in [0.1, 0.15) is 11.6 Å². The Morgan fingerprint density at radius 3 is 2.25 bits per heavy atom. The summed E-state index contributed by atoms with van der Waals surface area (Å²) < 4.78 is 39.5. The van der Waals surface area contributed by atoms with Gasteiger partial charge in [0.25, 0.3) is 6.43 Å². The van der Waals surface area contributed by atoms with Crippen LogP contribution in [0.4, 0.5) is 13.2 Å². The smallest absolute Gasteiger partial charge is 0.258 e. The summed E-state index contributed by atoms with van der Waals surface area (Å²) >= 11 is 5.65. The van der Waals surface area contributed by atoms with E-state index in [1.165, 1.54) is 12.1 Å². The lowest BCUT2D eigenvalue weighted by Gasteiger charge is -2.34. The van der Waals surface area contributed by atoms with Gasteiger partial charge in [0.1, 0.15) is 5.82 Å². The summed E-state index contributed by atoms with van der Waals surface area (Å²) in [7, 11) is 0. The van der Waals surface area contributed by atoms with Crippen LogP contribution < -0.4 is 5.32 Å². The molecule has 0 radical (unpaired) electrons. The number of alkyl halides is 2. The summed E-state index contributed by atoms with van der Waals surface area (Å²) in [6.07, 6.45) is -2.52. The van der Waals surface area contributed by atoms with E-state index in [9.17, 15) is 13.2 Å². The molecule has 0 bridgehead atoms. The van der Waals surface area contributed by atoms with Crippen molar-refractivity contribution in [2.45, 2.75) is 12.5 Å². The van der Waals surface area contributed by atoms with Crippen LogP contribution in [0.25, 0.3) is 0 Å². The number of nitrogens with zero attached hydrogens (tertiary/aromatic N) is 1. The summed E-state index contributed by atoms with van der Waals surface area (Å²) in [5.74, 6) is -0.589. The minimum Gasteiger partial charge on any atom is -0.314 e. The zero-order valence-electron chi connectivity index (χ0n) is 10.5. The molecule has 20 heavy (non-hydrogen) atoms. The molecule has 1 atom stereocenters. The fourth-order valence-electron chi connectivity index (χ4n) is 2.17. The Balaban J connectivity index is 0.00000180. The SMILES string of the molecule is Cl.Cl.Fc1ccc([C@H](C(F)F)N2CCNCC2)cc1Cl. The van der Waals surface area contributed by atoms with Crippen molar-refractivity contribution < 1.29 is 13.2 Å². The maximum atomic E-state index is 13.2. The normalized spacial score (nSPS) is 17.2. The molecule has 0 amide bonds. The molecular formula is C12H16Cl3F3N2. The van der Waals surface area contributed by atoms with Gasteiger partial charge in [0.15, 0.2) is 0 Å². The van der Waals surface area contributed by atoms with E-state index >= 15 is 0 Å². The highest BCUT2D eigenvalue weighted by Gasteiger charge is 2.30. The Morgan fingerprint density at radius 2 is 1.75 bits per heavy atom. The monoisotopic (exact) mass is 350 g/mol. The van der Waals surface area contributed by atoms with E-state index in [4.69, 9.17) is 11.6 Å². The van der Waals surface area contributed by atoms with Gasteiger partial charge in [0, 0.05) is 26.2 Å². The Kier molecular flexibility index (Phi) is 8.86. The fraction of sp³-hybridized carbons (Fsp3) is 0.500. The van der Waals surface area contributed by atoms with Crippen LogP contribution >= 0.6 is 36.4 Å². The van der Waals surface area contributed by atoms with Gasteiger partial charge in [-0.25, -0.2) is 13.2 Å². The second-order valence-electron chi connectivity index (χ2n) is 4.24. The van der Waals surface area contributed by atoms with Crippen LogP contribution in [0.3, 0.4) is 0 Å². The number of nitrogens with one attached hydrogen (secondary N) is 1. The second kappa shape index (κ2) is 8.95. The summed E-state index contributed by atoms with van der Waals surface area (Å²) in [6.45, 7) is 2.45. The minimum absolute atomic E-state index is 0. The number of halogens is 6. The van der Waals surface area contributed by atoms with E-state index in [0.717, 1.165) is 6.07 Å². The van der Waals surface area contributed by atoms with Crippen molar-refractivity contribution in [1.82, 2.24) is 10.2 Å². The van der Waals surface area contributed by atoms with Gasteiger partial charge in [0.2, 0.25) is 0 Å². The third-order valence-electron chi connectivity index (χ3n) is 3.07. The van der Waals surface area contributed by atoms with E-state index in [1.807, 2.05) is 0 Å². The van der Waals surface area contributed by atoms with Crippen molar-refractivity contribution in [3.8, 4) is 0 Å². The van der Waals surface area contributed by atoms with Crippen LogP contribution in [-0.2, 0) is 0 Å². The van der Waals surface area contributed by atoms with E-state index in [2.05, 4.69) is 5.32 Å². The van der Waals surface area contributed by atoms with Gasteiger partial charge in [-0.2, -0.15) is 0 Å². The van der Waals surface area contributed by atoms with E-state index in [0.29, 0.717) is 31.7 Å². The standard InChI is InChI=1S/C12H14ClF3N2.2ClH/c13-9-7-8(1-2-10(9)14)11(12(15)16)18-5-3-17-4-6-18;;/h1-2,7,11-12,17H,3-6H2;2*1H/t11-;;/m1../s1. The highest BCUT2D eigenvalue weighted by Crippen LogP contribution is 2.30. The number of benzene rings is 1. The van der Waals surface area contributed by atoms with E-state index < -0.39 is 18.3 Å². The lowest BCUT2D eigenvalue weighted by molar-refractivity contribution is 0.0181. The number of piperazine rings is 1. The summed E-state index contributed by atoms with van der Waals surface area (Å²) in [4.78, 5) is 1.70. The van der Waals surface area contributed by atoms with Crippen molar-refractivity contribution in [2.24, 2.45) is 0 Å². The topological polar surface area (TPSA) is 15.3 Å². The number of hydrogen-bond acceptors (Lipinski definition) is 2. The van der Waals surface area contributed by atoms with Crippen molar-refractivity contribution in [3.05, 3.63) is 34.6 Å². The Bertz CT molecular complexity index is 415. The van der Waals surface area contributed by atoms with Gasteiger partial charge in [-0.05, 0) is 17.7 Å². The van der Waals surface area contributed by atoms with Gasteiger partial charge in [-0.1, -0.05) is 17.7 Å². The van der Waals surface area contributed by atoms with E-state index in [1.54, 1.807) is 4.90 Å². The lowest BCUT2D eigenvalue weighted by atomic mass is 10.0. The zero-order valence-corrected chi connectivity index (χ0v) is 12.9. The third kappa shape index (κ3) is 4.67.